The second kappa shape index (κ2) is 9.77. The van der Waals surface area contributed by atoms with Crippen molar-refractivity contribution < 1.29 is 28.8 Å². The molecule has 1 aliphatic rings. The Balaban J connectivity index is 2.04. The van der Waals surface area contributed by atoms with Crippen LogP contribution >= 0.6 is 0 Å². The second-order valence-corrected chi connectivity index (χ2v) is 6.87. The van der Waals surface area contributed by atoms with Crippen molar-refractivity contribution in [3.63, 3.8) is 0 Å². The summed E-state index contributed by atoms with van der Waals surface area (Å²) in [5.74, 6) is -0.781. The number of nitro benzene ring substituents is 1. The molecule has 4 amide bonds. The quantitative estimate of drug-likeness (QED) is 0.214. The molecule has 1 saturated heterocycles. The molecule has 10 nitrogen and oxygen atoms in total. The maximum atomic E-state index is 13.1. The number of nitrogens with one attached hydrogen (secondary N) is 1. The molecule has 1 heterocycles. The van der Waals surface area contributed by atoms with Crippen LogP contribution in [0.25, 0.3) is 6.08 Å². The lowest BCUT2D eigenvalue weighted by atomic mass is 10.0. The minimum atomic E-state index is -0.951. The van der Waals surface area contributed by atoms with E-state index in [1.807, 2.05) is 6.92 Å². The molecule has 1 N–H and O–H groups in total. The van der Waals surface area contributed by atoms with Crippen molar-refractivity contribution in [1.29, 1.82) is 0 Å². The normalized spacial score (nSPS) is 14.8. The highest BCUT2D eigenvalue weighted by Gasteiger charge is 2.37. The van der Waals surface area contributed by atoms with Crippen molar-refractivity contribution in [2.75, 3.05) is 18.6 Å². The summed E-state index contributed by atoms with van der Waals surface area (Å²) < 4.78 is 11.1. The second-order valence-electron chi connectivity index (χ2n) is 6.87. The van der Waals surface area contributed by atoms with Gasteiger partial charge in [-0.05, 0) is 49.2 Å². The highest BCUT2D eigenvalue weighted by Crippen LogP contribution is 2.35. The molecular weight excluding hydrogens is 430 g/mol. The number of nitrogens with zero attached hydrogens (tertiary/aromatic N) is 2. The predicted octanol–water partition coefficient (Wildman–Crippen LogP) is 3.40. The number of benzene rings is 2. The summed E-state index contributed by atoms with van der Waals surface area (Å²) in [5, 5.41) is 13.0. The zero-order chi connectivity index (χ0) is 24.1. The molecule has 3 rings (SSSR count). The molecule has 0 bridgehead atoms. The van der Waals surface area contributed by atoms with Gasteiger partial charge in [0.25, 0.3) is 17.5 Å². The first-order chi connectivity index (χ1) is 15.8. The number of hydrogen-bond acceptors (Lipinski definition) is 7. The summed E-state index contributed by atoms with van der Waals surface area (Å²) in [4.78, 5) is 48.9. The van der Waals surface area contributed by atoms with E-state index in [1.165, 1.54) is 25.3 Å². The lowest BCUT2D eigenvalue weighted by Gasteiger charge is -2.26. The number of non-ortho nitro benzene ring substituents is 1. The third kappa shape index (κ3) is 4.74. The Morgan fingerprint density at radius 1 is 1.18 bits per heavy atom. The predicted molar refractivity (Wildman–Crippen MR) is 120 cm³/mol. The monoisotopic (exact) mass is 451 g/mol. The maximum absolute atomic E-state index is 13.1. The summed E-state index contributed by atoms with van der Waals surface area (Å²) in [7, 11) is 1.47. The van der Waals surface area contributed by atoms with Crippen LogP contribution < -0.4 is 19.7 Å². The highest BCUT2D eigenvalue weighted by atomic mass is 16.6. The first-order valence-electron chi connectivity index (χ1n) is 9.91. The average Bonchev–Trinajstić information content (AvgIpc) is 2.78. The summed E-state index contributed by atoms with van der Waals surface area (Å²) in [6.07, 6.45) is 3.48. The van der Waals surface area contributed by atoms with Crippen LogP contribution in [0.1, 0.15) is 18.1 Å². The largest absolute Gasteiger partial charge is 0.493 e. The van der Waals surface area contributed by atoms with Gasteiger partial charge in [0, 0.05) is 17.7 Å². The van der Waals surface area contributed by atoms with Gasteiger partial charge in [-0.2, -0.15) is 0 Å². The van der Waals surface area contributed by atoms with E-state index in [2.05, 4.69) is 11.9 Å². The van der Waals surface area contributed by atoms with Crippen LogP contribution in [0.3, 0.4) is 0 Å². The first kappa shape index (κ1) is 23.2. The fourth-order valence-electron chi connectivity index (χ4n) is 3.32. The molecule has 33 heavy (non-hydrogen) atoms. The zero-order valence-electron chi connectivity index (χ0n) is 18.0. The maximum Gasteiger partial charge on any atom is 0.335 e. The SMILES string of the molecule is C=CCc1cc(/C=C2\C(=O)NC(=O)N(c3ccc([N+](=O)[O-])cc3)C2=O)cc(OC)c1OCC. The van der Waals surface area contributed by atoms with Crippen LogP contribution in [0.4, 0.5) is 16.2 Å². The molecular formula is C23H21N3O7. The minimum Gasteiger partial charge on any atom is -0.493 e. The van der Waals surface area contributed by atoms with Crippen molar-refractivity contribution in [2.24, 2.45) is 0 Å². The van der Waals surface area contributed by atoms with E-state index in [-0.39, 0.29) is 16.9 Å². The average molecular weight is 451 g/mol. The van der Waals surface area contributed by atoms with Gasteiger partial charge >= 0.3 is 6.03 Å². The molecule has 1 aliphatic heterocycles. The highest BCUT2D eigenvalue weighted by molar-refractivity contribution is 6.39. The van der Waals surface area contributed by atoms with E-state index in [0.717, 1.165) is 22.6 Å². The number of nitro groups is 1. The molecule has 0 saturated carbocycles. The van der Waals surface area contributed by atoms with Crippen molar-refractivity contribution in [1.82, 2.24) is 5.32 Å². The molecule has 2 aromatic rings. The number of urea groups is 1. The summed E-state index contributed by atoms with van der Waals surface area (Å²) in [6.45, 7) is 5.98. The number of hydrogen-bond donors (Lipinski definition) is 1. The third-order valence-corrected chi connectivity index (χ3v) is 4.76. The van der Waals surface area contributed by atoms with Gasteiger partial charge in [-0.15, -0.1) is 6.58 Å². The molecule has 10 heteroatoms. The van der Waals surface area contributed by atoms with Gasteiger partial charge in [-0.3, -0.25) is 25.0 Å². The number of rotatable bonds is 8. The fourth-order valence-corrected chi connectivity index (χ4v) is 3.32. The summed E-state index contributed by atoms with van der Waals surface area (Å²) in [5.41, 5.74) is 0.808. The Hall–Kier alpha value is -4.47. The summed E-state index contributed by atoms with van der Waals surface area (Å²) >= 11 is 0. The fraction of sp³-hybridized carbons (Fsp3) is 0.174. The Morgan fingerprint density at radius 2 is 1.88 bits per heavy atom. The lowest BCUT2D eigenvalue weighted by Crippen LogP contribution is -2.54. The van der Waals surface area contributed by atoms with Crippen LogP contribution in [0.15, 0.2) is 54.6 Å². The van der Waals surface area contributed by atoms with E-state index in [4.69, 9.17) is 9.47 Å². The number of amides is 4. The molecule has 2 aromatic carbocycles. The Morgan fingerprint density at radius 3 is 2.45 bits per heavy atom. The molecule has 1 fully saturated rings. The number of methoxy groups -OCH3 is 1. The van der Waals surface area contributed by atoms with Crippen LogP contribution in [0.5, 0.6) is 11.5 Å². The van der Waals surface area contributed by atoms with E-state index in [9.17, 15) is 24.5 Å². The number of carbonyl (C=O) groups is 3. The van der Waals surface area contributed by atoms with Crippen molar-refractivity contribution in [3.05, 3.63) is 75.9 Å². The Labute approximate surface area is 189 Å². The number of carbonyl (C=O) groups excluding carboxylic acids is 3. The number of barbiturate groups is 1. The number of ether oxygens (including phenoxy) is 2. The van der Waals surface area contributed by atoms with Crippen LogP contribution in [0, 0.1) is 10.1 Å². The lowest BCUT2D eigenvalue weighted by molar-refractivity contribution is -0.384. The topological polar surface area (TPSA) is 128 Å². The number of imide groups is 2. The van der Waals surface area contributed by atoms with E-state index < -0.39 is 22.8 Å². The van der Waals surface area contributed by atoms with Gasteiger partial charge in [0.15, 0.2) is 11.5 Å². The zero-order valence-corrected chi connectivity index (χ0v) is 18.0. The summed E-state index contributed by atoms with van der Waals surface area (Å²) in [6, 6.07) is 7.22. The van der Waals surface area contributed by atoms with E-state index >= 15 is 0 Å². The van der Waals surface area contributed by atoms with Crippen molar-refractivity contribution in [3.8, 4) is 11.5 Å². The van der Waals surface area contributed by atoms with Gasteiger partial charge in [0.1, 0.15) is 5.57 Å². The van der Waals surface area contributed by atoms with Gasteiger partial charge in [-0.1, -0.05) is 6.08 Å². The minimum absolute atomic E-state index is 0.0816. The van der Waals surface area contributed by atoms with E-state index in [1.54, 1.807) is 18.2 Å². The smallest absolute Gasteiger partial charge is 0.335 e. The molecule has 0 aromatic heterocycles. The van der Waals surface area contributed by atoms with Gasteiger partial charge < -0.3 is 9.47 Å². The van der Waals surface area contributed by atoms with E-state index in [0.29, 0.717) is 30.1 Å². The van der Waals surface area contributed by atoms with Crippen molar-refractivity contribution >= 4 is 35.3 Å². The van der Waals surface area contributed by atoms with Crippen LogP contribution in [-0.4, -0.2) is 36.5 Å². The van der Waals surface area contributed by atoms with Crippen LogP contribution in [-0.2, 0) is 16.0 Å². The van der Waals surface area contributed by atoms with Gasteiger partial charge in [0.2, 0.25) is 0 Å². The molecule has 0 atom stereocenters. The first-order valence-corrected chi connectivity index (χ1v) is 9.91. The van der Waals surface area contributed by atoms with Crippen LogP contribution in [0.2, 0.25) is 0 Å². The molecule has 0 aliphatic carbocycles. The van der Waals surface area contributed by atoms with Gasteiger partial charge in [-0.25, -0.2) is 9.69 Å². The van der Waals surface area contributed by atoms with Crippen molar-refractivity contribution in [2.45, 2.75) is 13.3 Å². The third-order valence-electron chi connectivity index (χ3n) is 4.76. The Kier molecular flexibility index (Phi) is 6.87. The standard InChI is InChI=1S/C23H21N3O7/c1-4-6-15-11-14(13-19(32-3)20(15)33-5-2)12-18-21(27)24-23(29)25(22(18)28)16-7-9-17(10-8-16)26(30)31/h4,7-13H,1,5-6H2,2-3H3,(H,24,27,29)/b18-12+. The molecule has 0 radical (unpaired) electrons. The number of allylic oxidation sites excluding steroid dienone is 1. The molecule has 170 valence electrons. The number of anilines is 1. The van der Waals surface area contributed by atoms with Gasteiger partial charge in [0.05, 0.1) is 24.3 Å². The Bertz CT molecular complexity index is 1170. The molecule has 0 spiro atoms. The molecule has 0 unspecified atom stereocenters.